The second-order valence-corrected chi connectivity index (χ2v) is 8.21. The highest BCUT2D eigenvalue weighted by molar-refractivity contribution is 7.90. The van der Waals surface area contributed by atoms with Gasteiger partial charge in [0.2, 0.25) is 11.8 Å². The van der Waals surface area contributed by atoms with Crippen LogP contribution >= 0.6 is 11.6 Å². The van der Waals surface area contributed by atoms with Crippen LogP contribution in [0.25, 0.3) is 0 Å². The summed E-state index contributed by atoms with van der Waals surface area (Å²) in [5.41, 5.74) is 0.280. The number of benzene rings is 2. The Hall–Kier alpha value is -3.37. The van der Waals surface area contributed by atoms with E-state index in [1.165, 1.54) is 44.6 Å². The molecule has 0 saturated heterocycles. The van der Waals surface area contributed by atoms with Crippen molar-refractivity contribution in [2.45, 2.75) is 11.8 Å². The number of carbonyl (C=O) groups excluding carboxylic acids is 1. The summed E-state index contributed by atoms with van der Waals surface area (Å²) in [6.45, 7) is 1.62. The van der Waals surface area contributed by atoms with Crippen LogP contribution in [0.5, 0.6) is 23.5 Å². The van der Waals surface area contributed by atoms with E-state index < -0.39 is 15.9 Å². The summed E-state index contributed by atoms with van der Waals surface area (Å²) in [7, 11) is -1.34. The molecule has 9 nitrogen and oxygen atoms in total. The minimum absolute atomic E-state index is 0.0233. The molecule has 3 rings (SSSR count). The van der Waals surface area contributed by atoms with Gasteiger partial charge in [-0.1, -0.05) is 35.9 Å². The highest BCUT2D eigenvalue weighted by Crippen LogP contribution is 2.31. The molecule has 2 aromatic carbocycles. The van der Waals surface area contributed by atoms with E-state index in [0.29, 0.717) is 5.56 Å². The fourth-order valence-electron chi connectivity index (χ4n) is 2.63. The number of hydrogen-bond donors (Lipinski definition) is 1. The summed E-state index contributed by atoms with van der Waals surface area (Å²) in [5.74, 6) is -0.701. The first kappa shape index (κ1) is 22.3. The van der Waals surface area contributed by atoms with Crippen molar-refractivity contribution in [3.63, 3.8) is 0 Å². The molecule has 162 valence electrons. The normalized spacial score (nSPS) is 11.0. The molecular weight excluding hydrogens is 446 g/mol. The maximum absolute atomic E-state index is 12.9. The van der Waals surface area contributed by atoms with E-state index in [-0.39, 0.29) is 39.0 Å². The number of ether oxygens (including phenoxy) is 3. The van der Waals surface area contributed by atoms with Gasteiger partial charge < -0.3 is 14.2 Å². The third-order valence-electron chi connectivity index (χ3n) is 4.09. The number of hydrogen-bond acceptors (Lipinski definition) is 8. The molecule has 11 heteroatoms. The lowest BCUT2D eigenvalue weighted by Gasteiger charge is -2.13. The molecule has 3 aromatic rings. The average molecular weight is 464 g/mol. The van der Waals surface area contributed by atoms with Crippen LogP contribution in [0.3, 0.4) is 0 Å². The van der Waals surface area contributed by atoms with Crippen molar-refractivity contribution >= 4 is 27.5 Å². The first-order chi connectivity index (χ1) is 14.7. The van der Waals surface area contributed by atoms with Crippen molar-refractivity contribution in [1.29, 1.82) is 0 Å². The van der Waals surface area contributed by atoms with Gasteiger partial charge in [-0.05, 0) is 30.7 Å². The maximum Gasteiger partial charge on any atom is 0.328 e. The average Bonchev–Trinajstić information content (AvgIpc) is 2.73. The minimum atomic E-state index is -4.15. The summed E-state index contributed by atoms with van der Waals surface area (Å²) in [5, 5.41) is -0.0233. The molecule has 1 amide bonds. The Balaban J connectivity index is 1.96. The van der Waals surface area contributed by atoms with E-state index in [4.69, 9.17) is 25.8 Å². The summed E-state index contributed by atoms with van der Waals surface area (Å²) >= 11 is 6.19. The van der Waals surface area contributed by atoms with E-state index in [2.05, 4.69) is 9.97 Å². The van der Waals surface area contributed by atoms with Crippen LogP contribution in [0.1, 0.15) is 15.9 Å². The number of amides is 1. The zero-order valence-electron chi connectivity index (χ0n) is 16.7. The number of sulfonamides is 1. The van der Waals surface area contributed by atoms with Crippen molar-refractivity contribution in [2.75, 3.05) is 14.2 Å². The van der Waals surface area contributed by atoms with Crippen molar-refractivity contribution in [3.8, 4) is 23.5 Å². The van der Waals surface area contributed by atoms with E-state index in [1.807, 2.05) is 4.72 Å². The van der Waals surface area contributed by atoms with Gasteiger partial charge in [-0.2, -0.15) is 9.97 Å². The molecule has 1 N–H and O–H groups in total. The number of nitrogens with one attached hydrogen (secondary N) is 1. The molecule has 31 heavy (non-hydrogen) atoms. The maximum atomic E-state index is 12.9. The van der Waals surface area contributed by atoms with E-state index in [9.17, 15) is 13.2 Å². The molecule has 0 radical (unpaired) electrons. The predicted molar refractivity (Wildman–Crippen MR) is 112 cm³/mol. The Morgan fingerprint density at radius 1 is 1.00 bits per heavy atom. The number of aromatic nitrogens is 2. The first-order valence-corrected chi connectivity index (χ1v) is 10.7. The first-order valence-electron chi connectivity index (χ1n) is 8.81. The number of methoxy groups -OCH3 is 2. The third kappa shape index (κ3) is 5.04. The Kier molecular flexibility index (Phi) is 6.62. The summed E-state index contributed by atoms with van der Waals surface area (Å²) in [4.78, 5) is 20.9. The molecule has 0 spiro atoms. The summed E-state index contributed by atoms with van der Waals surface area (Å²) in [6.07, 6.45) is 0. The SMILES string of the molecule is COc1cc(OC)nc(Oc2cccc(Cl)c2C(=O)NS(=O)(=O)c2ccccc2C)n1. The molecule has 0 bridgehead atoms. The lowest BCUT2D eigenvalue weighted by Crippen LogP contribution is -2.31. The van der Waals surface area contributed by atoms with Crippen LogP contribution in [0.2, 0.25) is 5.02 Å². The molecule has 0 unspecified atom stereocenters. The van der Waals surface area contributed by atoms with Gasteiger partial charge in [0.25, 0.3) is 15.9 Å². The fraction of sp³-hybridized carbons (Fsp3) is 0.150. The molecule has 0 saturated carbocycles. The third-order valence-corrected chi connectivity index (χ3v) is 5.90. The fourth-order valence-corrected chi connectivity index (χ4v) is 4.09. The second kappa shape index (κ2) is 9.19. The molecule has 1 aromatic heterocycles. The zero-order valence-corrected chi connectivity index (χ0v) is 18.3. The number of halogens is 1. The van der Waals surface area contributed by atoms with Crippen molar-refractivity contribution in [2.24, 2.45) is 0 Å². The van der Waals surface area contributed by atoms with Gasteiger partial charge in [-0.3, -0.25) is 4.79 Å². The second-order valence-electron chi connectivity index (χ2n) is 6.15. The number of rotatable bonds is 7. The van der Waals surface area contributed by atoms with E-state index >= 15 is 0 Å². The van der Waals surface area contributed by atoms with Crippen LogP contribution in [0.4, 0.5) is 0 Å². The van der Waals surface area contributed by atoms with Crippen molar-refractivity contribution in [1.82, 2.24) is 14.7 Å². The number of nitrogens with zero attached hydrogens (tertiary/aromatic N) is 2. The van der Waals surface area contributed by atoms with Gasteiger partial charge in [0.05, 0.1) is 30.2 Å². The monoisotopic (exact) mass is 463 g/mol. The van der Waals surface area contributed by atoms with Crippen molar-refractivity contribution < 1.29 is 27.4 Å². The van der Waals surface area contributed by atoms with Crippen LogP contribution in [0.15, 0.2) is 53.4 Å². The van der Waals surface area contributed by atoms with E-state index in [1.54, 1.807) is 25.1 Å². The highest BCUT2D eigenvalue weighted by Gasteiger charge is 2.25. The van der Waals surface area contributed by atoms with Crippen LogP contribution in [-0.2, 0) is 10.0 Å². The molecule has 0 atom stereocenters. The lowest BCUT2D eigenvalue weighted by atomic mass is 10.2. The number of aryl methyl sites for hydroxylation is 1. The zero-order chi connectivity index (χ0) is 22.6. The molecule has 0 aliphatic rings. The van der Waals surface area contributed by atoms with Gasteiger partial charge in [-0.25, -0.2) is 13.1 Å². The standard InChI is InChI=1S/C20H18ClN3O6S/c1-12-7-4-5-10-15(12)31(26,27)24-19(25)18-13(21)8-6-9-14(18)30-20-22-16(28-2)11-17(23-20)29-3/h4-11H,1-3H3,(H,24,25). The lowest BCUT2D eigenvalue weighted by molar-refractivity contribution is 0.0979. The number of carbonyl (C=O) groups is 1. The summed E-state index contributed by atoms with van der Waals surface area (Å²) < 4.78 is 43.2. The van der Waals surface area contributed by atoms with Crippen LogP contribution < -0.4 is 18.9 Å². The smallest absolute Gasteiger partial charge is 0.328 e. The van der Waals surface area contributed by atoms with Crippen LogP contribution in [0, 0.1) is 6.92 Å². The predicted octanol–water partition coefficient (Wildman–Crippen LogP) is 3.37. The molecule has 0 aliphatic heterocycles. The Bertz CT molecular complexity index is 1210. The van der Waals surface area contributed by atoms with Crippen molar-refractivity contribution in [3.05, 3.63) is 64.7 Å². The van der Waals surface area contributed by atoms with E-state index in [0.717, 1.165) is 0 Å². The Labute approximate surface area is 184 Å². The van der Waals surface area contributed by atoms with Gasteiger partial charge in [0, 0.05) is 0 Å². The van der Waals surface area contributed by atoms with Gasteiger partial charge in [-0.15, -0.1) is 0 Å². The molecule has 0 aliphatic carbocycles. The van der Waals surface area contributed by atoms with Crippen LogP contribution in [-0.4, -0.2) is 38.5 Å². The molecule has 1 heterocycles. The Morgan fingerprint density at radius 3 is 2.26 bits per heavy atom. The molecule has 0 fully saturated rings. The van der Waals surface area contributed by atoms with Gasteiger partial charge in [0.15, 0.2) is 0 Å². The highest BCUT2D eigenvalue weighted by atomic mass is 35.5. The largest absolute Gasteiger partial charge is 0.481 e. The Morgan fingerprint density at radius 2 is 1.65 bits per heavy atom. The van der Waals surface area contributed by atoms with Gasteiger partial charge in [0.1, 0.15) is 11.3 Å². The van der Waals surface area contributed by atoms with Gasteiger partial charge >= 0.3 is 6.01 Å². The minimum Gasteiger partial charge on any atom is -0.481 e. The topological polar surface area (TPSA) is 117 Å². The quantitative estimate of drug-likeness (QED) is 0.566. The summed E-state index contributed by atoms with van der Waals surface area (Å²) in [6, 6.07) is 11.9. The molecular formula is C20H18ClN3O6S.